The van der Waals surface area contributed by atoms with Crippen LogP contribution in [0.3, 0.4) is 0 Å². The van der Waals surface area contributed by atoms with Gasteiger partial charge in [-0.2, -0.15) is 0 Å². The molecule has 1 aromatic rings. The van der Waals surface area contributed by atoms with Gasteiger partial charge in [-0.3, -0.25) is 0 Å². The Hall–Kier alpha value is -0.123. The molecule has 1 nitrogen and oxygen atoms in total. The Labute approximate surface area is 75.9 Å². The molecule has 10 heavy (non-hydrogen) atoms. The van der Waals surface area contributed by atoms with Crippen LogP contribution in [-0.2, 0) is 0 Å². The minimum absolute atomic E-state index is 0. The number of hydrogen-bond donors (Lipinski definition) is 1. The molecule has 0 saturated heterocycles. The SMILES string of the molecule is Cc1[nH]c(C)c(C)c1C.[H-].[Li+]. The summed E-state index contributed by atoms with van der Waals surface area (Å²) >= 11 is 0. The predicted octanol–water partition coefficient (Wildman–Crippen LogP) is -0.635. The summed E-state index contributed by atoms with van der Waals surface area (Å²) in [5.41, 5.74) is 5.38. The number of hydrogen-bond acceptors (Lipinski definition) is 0. The minimum atomic E-state index is 0. The first-order valence-corrected chi connectivity index (χ1v) is 3.25. The van der Waals surface area contributed by atoms with Crippen molar-refractivity contribution in [2.24, 2.45) is 0 Å². The van der Waals surface area contributed by atoms with E-state index in [1.54, 1.807) is 0 Å². The fraction of sp³-hybridized carbons (Fsp3) is 0.500. The Morgan fingerprint density at radius 3 is 1.30 bits per heavy atom. The molecule has 0 atom stereocenters. The molecule has 1 heterocycles. The van der Waals surface area contributed by atoms with Crippen molar-refractivity contribution in [3.8, 4) is 0 Å². The molecular formula is C8H14LiN. The topological polar surface area (TPSA) is 15.8 Å². The summed E-state index contributed by atoms with van der Waals surface area (Å²) in [7, 11) is 0. The average molecular weight is 131 g/mol. The number of aromatic nitrogens is 1. The summed E-state index contributed by atoms with van der Waals surface area (Å²) in [6.45, 7) is 8.51. The van der Waals surface area contributed by atoms with E-state index < -0.39 is 0 Å². The molecule has 0 bridgehead atoms. The number of H-pyrrole nitrogens is 1. The van der Waals surface area contributed by atoms with Crippen LogP contribution in [0, 0.1) is 27.7 Å². The van der Waals surface area contributed by atoms with Gasteiger partial charge in [0.25, 0.3) is 0 Å². The molecule has 0 aliphatic rings. The zero-order chi connectivity index (χ0) is 7.02. The van der Waals surface area contributed by atoms with E-state index in [0.717, 1.165) is 0 Å². The van der Waals surface area contributed by atoms with E-state index in [0.29, 0.717) is 0 Å². The largest absolute Gasteiger partial charge is 1.00 e. The van der Waals surface area contributed by atoms with Crippen LogP contribution in [0.15, 0.2) is 0 Å². The molecule has 0 aliphatic heterocycles. The number of rotatable bonds is 0. The van der Waals surface area contributed by atoms with Crippen molar-refractivity contribution in [3.63, 3.8) is 0 Å². The first-order valence-electron chi connectivity index (χ1n) is 3.25. The number of aryl methyl sites for hydroxylation is 2. The van der Waals surface area contributed by atoms with E-state index in [1.165, 1.54) is 22.5 Å². The van der Waals surface area contributed by atoms with E-state index >= 15 is 0 Å². The first kappa shape index (κ1) is 9.88. The van der Waals surface area contributed by atoms with E-state index in [1.807, 2.05) is 0 Å². The van der Waals surface area contributed by atoms with E-state index in [2.05, 4.69) is 32.7 Å². The monoisotopic (exact) mass is 131 g/mol. The third-order valence-corrected chi connectivity index (χ3v) is 2.06. The van der Waals surface area contributed by atoms with Crippen LogP contribution in [0.2, 0.25) is 0 Å². The van der Waals surface area contributed by atoms with Crippen molar-refractivity contribution >= 4 is 0 Å². The Morgan fingerprint density at radius 2 is 1.20 bits per heavy atom. The van der Waals surface area contributed by atoms with Gasteiger partial charge >= 0.3 is 18.9 Å². The molecule has 0 fully saturated rings. The zero-order valence-electron chi connectivity index (χ0n) is 8.50. The van der Waals surface area contributed by atoms with Crippen molar-refractivity contribution in [1.82, 2.24) is 4.98 Å². The fourth-order valence-electron chi connectivity index (χ4n) is 1.03. The molecule has 1 N–H and O–H groups in total. The van der Waals surface area contributed by atoms with Crippen LogP contribution >= 0.6 is 0 Å². The fourth-order valence-corrected chi connectivity index (χ4v) is 1.03. The molecule has 0 radical (unpaired) electrons. The third kappa shape index (κ3) is 1.48. The summed E-state index contributed by atoms with van der Waals surface area (Å²) < 4.78 is 0. The van der Waals surface area contributed by atoms with E-state index in [-0.39, 0.29) is 20.3 Å². The minimum Gasteiger partial charge on any atom is -1.00 e. The average Bonchev–Trinajstić information content (AvgIpc) is 1.98. The Balaban J connectivity index is 0. The maximum Gasteiger partial charge on any atom is 1.00 e. The van der Waals surface area contributed by atoms with E-state index in [4.69, 9.17) is 0 Å². The van der Waals surface area contributed by atoms with Crippen LogP contribution < -0.4 is 18.9 Å². The smallest absolute Gasteiger partial charge is 1.00 e. The van der Waals surface area contributed by atoms with Crippen molar-refractivity contribution in [3.05, 3.63) is 22.5 Å². The molecule has 2 heteroatoms. The first-order chi connectivity index (χ1) is 4.13. The van der Waals surface area contributed by atoms with Crippen LogP contribution in [0.25, 0.3) is 0 Å². The van der Waals surface area contributed by atoms with E-state index in [9.17, 15) is 0 Å². The number of aromatic amines is 1. The molecular weight excluding hydrogens is 117 g/mol. The predicted molar refractivity (Wildman–Crippen MR) is 40.9 cm³/mol. The third-order valence-electron chi connectivity index (χ3n) is 2.06. The summed E-state index contributed by atoms with van der Waals surface area (Å²) in [5.74, 6) is 0. The Bertz CT molecular complexity index is 208. The molecule has 0 amide bonds. The van der Waals surface area contributed by atoms with Crippen LogP contribution in [-0.4, -0.2) is 4.98 Å². The normalized spacial score (nSPS) is 9.20. The van der Waals surface area contributed by atoms with Crippen LogP contribution in [0.4, 0.5) is 0 Å². The van der Waals surface area contributed by atoms with Gasteiger partial charge in [0.2, 0.25) is 0 Å². The Morgan fingerprint density at radius 1 is 0.900 bits per heavy atom. The van der Waals surface area contributed by atoms with Gasteiger partial charge in [-0.05, 0) is 38.8 Å². The standard InChI is InChI=1S/C8H13N.Li.H/c1-5-6(2)8(4)9-7(5)3;;/h9H,1-4H3;;/q;+1;-1. The van der Waals surface area contributed by atoms with Crippen molar-refractivity contribution < 1.29 is 20.3 Å². The maximum atomic E-state index is 3.28. The van der Waals surface area contributed by atoms with Gasteiger partial charge in [0, 0.05) is 11.4 Å². The molecule has 0 saturated carbocycles. The van der Waals surface area contributed by atoms with Crippen molar-refractivity contribution in [1.29, 1.82) is 0 Å². The molecule has 0 aromatic carbocycles. The molecule has 0 aliphatic carbocycles. The van der Waals surface area contributed by atoms with Gasteiger partial charge < -0.3 is 6.41 Å². The van der Waals surface area contributed by atoms with Crippen LogP contribution in [0.1, 0.15) is 23.9 Å². The van der Waals surface area contributed by atoms with Gasteiger partial charge in [-0.25, -0.2) is 0 Å². The van der Waals surface area contributed by atoms with Gasteiger partial charge in [0.05, 0.1) is 0 Å². The summed E-state index contributed by atoms with van der Waals surface area (Å²) in [6.07, 6.45) is 0. The second-order valence-electron chi connectivity index (χ2n) is 2.62. The second-order valence-corrected chi connectivity index (χ2v) is 2.62. The summed E-state index contributed by atoms with van der Waals surface area (Å²) in [4.78, 5) is 3.28. The molecule has 1 rings (SSSR count). The van der Waals surface area contributed by atoms with Gasteiger partial charge in [0.1, 0.15) is 0 Å². The molecule has 1 aromatic heterocycles. The molecule has 0 spiro atoms. The molecule has 52 valence electrons. The van der Waals surface area contributed by atoms with Crippen molar-refractivity contribution in [2.45, 2.75) is 27.7 Å². The van der Waals surface area contributed by atoms with Gasteiger partial charge in [-0.1, -0.05) is 0 Å². The van der Waals surface area contributed by atoms with Crippen LogP contribution in [0.5, 0.6) is 0 Å². The zero-order valence-corrected chi connectivity index (χ0v) is 7.50. The summed E-state index contributed by atoms with van der Waals surface area (Å²) in [6, 6.07) is 0. The number of nitrogens with one attached hydrogen (secondary N) is 1. The molecule has 0 unspecified atom stereocenters. The second kappa shape index (κ2) is 3.32. The van der Waals surface area contributed by atoms with Crippen molar-refractivity contribution in [2.75, 3.05) is 0 Å². The quantitative estimate of drug-likeness (QED) is 0.451. The summed E-state index contributed by atoms with van der Waals surface area (Å²) in [5, 5.41) is 0. The Kier molecular flexibility index (Phi) is 3.28. The van der Waals surface area contributed by atoms with Gasteiger partial charge in [-0.15, -0.1) is 0 Å². The van der Waals surface area contributed by atoms with Gasteiger partial charge in [0.15, 0.2) is 0 Å². The maximum absolute atomic E-state index is 3.28.